The molecule has 0 heterocycles. The molecular weight excluding hydrogens is 180 g/mol. The normalized spacial score (nSPS) is 16.2. The van der Waals surface area contributed by atoms with Gasteiger partial charge in [0.15, 0.2) is 0 Å². The smallest absolute Gasteiger partial charge is 0.239 e. The van der Waals surface area contributed by atoms with Crippen LogP contribution in [-0.2, 0) is 9.59 Å². The van der Waals surface area contributed by atoms with Crippen LogP contribution in [0.5, 0.6) is 0 Å². The monoisotopic (exact) mass is 198 g/mol. The second-order valence-corrected chi connectivity index (χ2v) is 4.77. The van der Waals surface area contributed by atoms with E-state index in [2.05, 4.69) is 10.6 Å². The Bertz CT molecular complexity index is 239. The van der Waals surface area contributed by atoms with E-state index in [1.165, 1.54) is 0 Å². The quantitative estimate of drug-likeness (QED) is 0.690. The van der Waals surface area contributed by atoms with Crippen LogP contribution in [0.1, 0.15) is 33.6 Å². The lowest BCUT2D eigenvalue weighted by Crippen LogP contribution is -2.42. The Morgan fingerprint density at radius 3 is 2.29 bits per heavy atom. The van der Waals surface area contributed by atoms with Gasteiger partial charge in [0.05, 0.1) is 6.54 Å². The van der Waals surface area contributed by atoms with Crippen molar-refractivity contribution in [2.45, 2.75) is 39.7 Å². The summed E-state index contributed by atoms with van der Waals surface area (Å²) < 4.78 is 0. The van der Waals surface area contributed by atoms with E-state index in [-0.39, 0.29) is 18.4 Å². The van der Waals surface area contributed by atoms with Gasteiger partial charge in [-0.05, 0) is 12.8 Å². The van der Waals surface area contributed by atoms with Crippen molar-refractivity contribution in [1.82, 2.24) is 10.6 Å². The third-order valence-electron chi connectivity index (χ3n) is 2.03. The summed E-state index contributed by atoms with van der Waals surface area (Å²) in [5.41, 5.74) is -0.431. The van der Waals surface area contributed by atoms with Gasteiger partial charge in [-0.1, -0.05) is 20.8 Å². The molecule has 0 spiro atoms. The molecule has 0 aromatic heterocycles. The summed E-state index contributed by atoms with van der Waals surface area (Å²) in [7, 11) is 0. The maximum absolute atomic E-state index is 11.4. The molecule has 0 atom stereocenters. The Morgan fingerprint density at radius 1 is 1.29 bits per heavy atom. The highest BCUT2D eigenvalue weighted by molar-refractivity contribution is 5.87. The van der Waals surface area contributed by atoms with Crippen LogP contribution in [-0.4, -0.2) is 24.4 Å². The van der Waals surface area contributed by atoms with Crippen LogP contribution in [0, 0.1) is 5.41 Å². The molecule has 1 fully saturated rings. The van der Waals surface area contributed by atoms with E-state index >= 15 is 0 Å². The van der Waals surface area contributed by atoms with Crippen molar-refractivity contribution in [3.8, 4) is 0 Å². The van der Waals surface area contributed by atoms with Gasteiger partial charge >= 0.3 is 0 Å². The molecule has 80 valence electrons. The summed E-state index contributed by atoms with van der Waals surface area (Å²) in [5, 5.41) is 5.41. The van der Waals surface area contributed by atoms with E-state index in [9.17, 15) is 9.59 Å². The maximum atomic E-state index is 11.4. The van der Waals surface area contributed by atoms with Crippen LogP contribution in [0.2, 0.25) is 0 Å². The molecule has 0 bridgehead atoms. The number of hydrogen-bond acceptors (Lipinski definition) is 2. The Morgan fingerprint density at radius 2 is 1.86 bits per heavy atom. The van der Waals surface area contributed by atoms with Crippen LogP contribution < -0.4 is 10.6 Å². The van der Waals surface area contributed by atoms with Crippen LogP contribution in [0.3, 0.4) is 0 Å². The molecular formula is C10H18N2O2. The molecule has 0 aromatic carbocycles. The molecule has 2 amide bonds. The lowest BCUT2D eigenvalue weighted by molar-refractivity contribution is -0.131. The topological polar surface area (TPSA) is 58.2 Å². The molecule has 2 N–H and O–H groups in total. The molecule has 1 aliphatic carbocycles. The van der Waals surface area contributed by atoms with Gasteiger partial charge in [0.25, 0.3) is 0 Å². The number of carbonyl (C=O) groups excluding carboxylic acids is 2. The number of hydrogen-bond donors (Lipinski definition) is 2. The standard InChI is InChI=1S/C10H18N2O2/c1-10(2,3)9(14)11-6-8(13)12-7-4-5-7/h7H,4-6H2,1-3H3,(H,11,14)(H,12,13). The maximum Gasteiger partial charge on any atom is 0.239 e. The molecule has 14 heavy (non-hydrogen) atoms. The fourth-order valence-electron chi connectivity index (χ4n) is 0.932. The lowest BCUT2D eigenvalue weighted by Gasteiger charge is -2.17. The van der Waals surface area contributed by atoms with Gasteiger partial charge in [-0.25, -0.2) is 0 Å². The van der Waals surface area contributed by atoms with E-state index in [1.807, 2.05) is 20.8 Å². The Labute approximate surface area is 84.4 Å². The van der Waals surface area contributed by atoms with E-state index in [1.54, 1.807) is 0 Å². The van der Waals surface area contributed by atoms with Crippen molar-refractivity contribution in [2.24, 2.45) is 5.41 Å². The third-order valence-corrected chi connectivity index (χ3v) is 2.03. The number of rotatable bonds is 3. The average Bonchev–Trinajstić information content (AvgIpc) is 2.82. The first kappa shape index (κ1) is 11.0. The zero-order chi connectivity index (χ0) is 10.8. The van der Waals surface area contributed by atoms with Crippen molar-refractivity contribution in [3.63, 3.8) is 0 Å². The molecule has 1 rings (SSSR count). The molecule has 1 aliphatic rings. The minimum absolute atomic E-state index is 0.0899. The largest absolute Gasteiger partial charge is 0.352 e. The highest BCUT2D eigenvalue weighted by atomic mass is 16.2. The van der Waals surface area contributed by atoms with E-state index in [4.69, 9.17) is 0 Å². The Kier molecular flexibility index (Phi) is 3.13. The van der Waals surface area contributed by atoms with Gasteiger partial charge in [-0.15, -0.1) is 0 Å². The van der Waals surface area contributed by atoms with Crippen molar-refractivity contribution < 1.29 is 9.59 Å². The van der Waals surface area contributed by atoms with Gasteiger partial charge in [0.1, 0.15) is 0 Å². The molecule has 4 heteroatoms. The highest BCUT2D eigenvalue weighted by Crippen LogP contribution is 2.18. The van der Waals surface area contributed by atoms with E-state index in [0.29, 0.717) is 6.04 Å². The van der Waals surface area contributed by atoms with Crippen molar-refractivity contribution in [1.29, 1.82) is 0 Å². The van der Waals surface area contributed by atoms with Gasteiger partial charge < -0.3 is 10.6 Å². The average molecular weight is 198 g/mol. The van der Waals surface area contributed by atoms with E-state index < -0.39 is 5.41 Å². The predicted octanol–water partition coefficient (Wildman–Crippen LogP) is 0.427. The lowest BCUT2D eigenvalue weighted by atomic mass is 9.96. The number of nitrogens with one attached hydrogen (secondary N) is 2. The number of amides is 2. The highest BCUT2D eigenvalue weighted by Gasteiger charge is 2.25. The van der Waals surface area contributed by atoms with Crippen molar-refractivity contribution in [3.05, 3.63) is 0 Å². The summed E-state index contributed by atoms with van der Waals surface area (Å²) in [6, 6.07) is 0.356. The van der Waals surface area contributed by atoms with Gasteiger partial charge in [0.2, 0.25) is 11.8 Å². The first-order valence-corrected chi connectivity index (χ1v) is 4.97. The van der Waals surface area contributed by atoms with Gasteiger partial charge in [-0.2, -0.15) is 0 Å². The SMILES string of the molecule is CC(C)(C)C(=O)NCC(=O)NC1CC1. The fraction of sp³-hybridized carbons (Fsp3) is 0.800. The molecule has 0 aliphatic heterocycles. The minimum atomic E-state index is -0.431. The fourth-order valence-corrected chi connectivity index (χ4v) is 0.932. The minimum Gasteiger partial charge on any atom is -0.352 e. The Balaban J connectivity index is 2.18. The molecule has 0 aromatic rings. The molecule has 4 nitrogen and oxygen atoms in total. The summed E-state index contributed by atoms with van der Waals surface area (Å²) in [4.78, 5) is 22.6. The molecule has 0 radical (unpaired) electrons. The summed E-state index contributed by atoms with van der Waals surface area (Å²) in [6.07, 6.45) is 2.14. The van der Waals surface area contributed by atoms with Crippen molar-refractivity contribution >= 4 is 11.8 Å². The molecule has 0 unspecified atom stereocenters. The third kappa shape index (κ3) is 3.77. The van der Waals surface area contributed by atoms with E-state index in [0.717, 1.165) is 12.8 Å². The number of carbonyl (C=O) groups is 2. The van der Waals surface area contributed by atoms with Gasteiger partial charge in [0, 0.05) is 11.5 Å². The zero-order valence-corrected chi connectivity index (χ0v) is 9.02. The van der Waals surface area contributed by atoms with Crippen molar-refractivity contribution in [2.75, 3.05) is 6.54 Å². The zero-order valence-electron chi connectivity index (χ0n) is 9.02. The Hall–Kier alpha value is -1.06. The molecule has 1 saturated carbocycles. The predicted molar refractivity (Wildman–Crippen MR) is 53.6 cm³/mol. The summed E-state index contributed by atoms with van der Waals surface area (Å²) >= 11 is 0. The van der Waals surface area contributed by atoms with Gasteiger partial charge in [-0.3, -0.25) is 9.59 Å². The second kappa shape index (κ2) is 3.98. The van der Waals surface area contributed by atoms with Crippen LogP contribution in [0.15, 0.2) is 0 Å². The summed E-state index contributed by atoms with van der Waals surface area (Å²) in [5.74, 6) is -0.187. The molecule has 0 saturated heterocycles. The summed E-state index contributed by atoms with van der Waals surface area (Å²) in [6.45, 7) is 5.55. The first-order chi connectivity index (χ1) is 6.39. The van der Waals surface area contributed by atoms with Crippen LogP contribution in [0.4, 0.5) is 0 Å². The van der Waals surface area contributed by atoms with Crippen LogP contribution in [0.25, 0.3) is 0 Å². The van der Waals surface area contributed by atoms with Crippen LogP contribution >= 0.6 is 0 Å². The first-order valence-electron chi connectivity index (χ1n) is 4.97. The second-order valence-electron chi connectivity index (χ2n) is 4.77.